The zero-order chi connectivity index (χ0) is 29.3. The van der Waals surface area contributed by atoms with Gasteiger partial charge >= 0.3 is 6.01 Å². The lowest BCUT2D eigenvalue weighted by Crippen LogP contribution is -2.61. The number of nitrogen functional groups attached to an aromatic ring is 1. The molecule has 13 heteroatoms. The summed E-state index contributed by atoms with van der Waals surface area (Å²) in [7, 11) is 0. The average molecular weight is 581 g/mol. The number of nitriles is 2. The van der Waals surface area contributed by atoms with Crippen LogP contribution in [0.15, 0.2) is 6.07 Å². The highest BCUT2D eigenvalue weighted by molar-refractivity contribution is 7.16. The van der Waals surface area contributed by atoms with E-state index in [0.717, 1.165) is 81.9 Å². The molecule has 6 rings (SSSR count). The Morgan fingerprint density at radius 2 is 1.93 bits per heavy atom. The number of anilines is 3. The van der Waals surface area contributed by atoms with Crippen LogP contribution >= 0.6 is 11.3 Å². The topological polar surface area (TPSA) is 185 Å². The van der Waals surface area contributed by atoms with Crippen molar-refractivity contribution in [3.8, 4) is 18.1 Å². The quantitative estimate of drug-likeness (QED) is 0.378. The van der Waals surface area contributed by atoms with Gasteiger partial charge in [0.05, 0.1) is 17.2 Å². The average Bonchev–Trinajstić information content (AvgIpc) is 3.54. The number of carboxylic acid groups (broad SMARTS) is 1. The van der Waals surface area contributed by atoms with Gasteiger partial charge < -0.3 is 35.8 Å². The standard InChI is InChI=1S/C27H34N8O2S.CH2O2/c1-25(36)5-3-9-34(14-25)20-10-21(33-24(32-20)37-17-26(12-29)7-8-31-13-26)35-15-27(16-35)6-2-4-19-22(27)18(11-28)23(30)38-19;2-1-3/h10,31,36H,2-9,13-17,30H2,1H3;1H,(H,2,3)/t25-,26?;/m1./s1. The molecule has 1 aliphatic carbocycles. The van der Waals surface area contributed by atoms with E-state index in [1.165, 1.54) is 4.88 Å². The summed E-state index contributed by atoms with van der Waals surface area (Å²) < 4.78 is 6.10. The van der Waals surface area contributed by atoms with Gasteiger partial charge in [-0.2, -0.15) is 20.5 Å². The summed E-state index contributed by atoms with van der Waals surface area (Å²) >= 11 is 1.56. The third-order valence-corrected chi connectivity index (χ3v) is 9.74. The van der Waals surface area contributed by atoms with Crippen LogP contribution in [-0.2, 0) is 16.6 Å². The molecule has 3 fully saturated rings. The van der Waals surface area contributed by atoms with Gasteiger partial charge in [0.25, 0.3) is 6.47 Å². The number of piperidine rings is 1. The van der Waals surface area contributed by atoms with Gasteiger partial charge in [0, 0.05) is 49.1 Å². The largest absolute Gasteiger partial charge is 0.483 e. The number of aryl methyl sites for hydroxylation is 1. The maximum Gasteiger partial charge on any atom is 0.320 e. The highest BCUT2D eigenvalue weighted by atomic mass is 32.1. The van der Waals surface area contributed by atoms with Crippen LogP contribution in [0.25, 0.3) is 0 Å². The van der Waals surface area contributed by atoms with E-state index in [2.05, 4.69) is 27.3 Å². The highest BCUT2D eigenvalue weighted by Gasteiger charge is 2.50. The van der Waals surface area contributed by atoms with Gasteiger partial charge in [-0.05, 0) is 57.6 Å². The van der Waals surface area contributed by atoms with Crippen molar-refractivity contribution in [3.05, 3.63) is 22.1 Å². The van der Waals surface area contributed by atoms with E-state index >= 15 is 0 Å². The van der Waals surface area contributed by atoms with Crippen LogP contribution in [0.1, 0.15) is 55.0 Å². The summed E-state index contributed by atoms with van der Waals surface area (Å²) in [4.78, 5) is 23.4. The third-order valence-electron chi connectivity index (χ3n) is 8.66. The normalized spacial score (nSPS) is 26.1. The summed E-state index contributed by atoms with van der Waals surface area (Å²) in [5.74, 6) is 1.49. The fourth-order valence-electron chi connectivity index (χ4n) is 6.62. The number of nitrogens with one attached hydrogen (secondary N) is 1. The fraction of sp³-hybridized carbons (Fsp3) is 0.607. The Bertz CT molecular complexity index is 1370. The molecule has 1 spiro atoms. The van der Waals surface area contributed by atoms with E-state index in [9.17, 15) is 15.6 Å². The van der Waals surface area contributed by atoms with Crippen molar-refractivity contribution in [1.29, 1.82) is 10.5 Å². The number of nitrogens with two attached hydrogens (primary N) is 1. The Morgan fingerprint density at radius 1 is 1.20 bits per heavy atom. The van der Waals surface area contributed by atoms with E-state index in [1.54, 1.807) is 11.3 Å². The van der Waals surface area contributed by atoms with E-state index in [-0.39, 0.29) is 24.5 Å². The number of hydrogen-bond acceptors (Lipinski definition) is 12. The number of aliphatic hydroxyl groups is 1. The van der Waals surface area contributed by atoms with Crippen LogP contribution in [0.4, 0.5) is 16.6 Å². The third kappa shape index (κ3) is 5.62. The first-order chi connectivity index (χ1) is 19.7. The number of ether oxygens (including phenoxy) is 1. The Labute approximate surface area is 243 Å². The molecule has 3 aliphatic heterocycles. The van der Waals surface area contributed by atoms with Crippen molar-refractivity contribution in [2.75, 3.05) is 61.4 Å². The Morgan fingerprint density at radius 3 is 2.56 bits per heavy atom. The molecule has 0 radical (unpaired) electrons. The minimum Gasteiger partial charge on any atom is -0.483 e. The molecule has 41 heavy (non-hydrogen) atoms. The lowest BCUT2D eigenvalue weighted by molar-refractivity contribution is -0.122. The van der Waals surface area contributed by atoms with Crippen molar-refractivity contribution in [2.24, 2.45) is 5.41 Å². The molecular weight excluding hydrogens is 544 g/mol. The van der Waals surface area contributed by atoms with Gasteiger partial charge in [-0.3, -0.25) is 4.79 Å². The van der Waals surface area contributed by atoms with Gasteiger partial charge in [0.1, 0.15) is 34.7 Å². The van der Waals surface area contributed by atoms with Crippen molar-refractivity contribution in [3.63, 3.8) is 0 Å². The second kappa shape index (κ2) is 11.3. The molecule has 5 N–H and O–H groups in total. The monoisotopic (exact) mass is 580 g/mol. The molecule has 0 amide bonds. The van der Waals surface area contributed by atoms with Crippen LogP contribution in [0.3, 0.4) is 0 Å². The summed E-state index contributed by atoms with van der Waals surface area (Å²) in [5.41, 5.74) is 6.57. The molecule has 1 unspecified atom stereocenters. The fourth-order valence-corrected chi connectivity index (χ4v) is 7.81. The van der Waals surface area contributed by atoms with Gasteiger partial charge in [0.2, 0.25) is 0 Å². The zero-order valence-electron chi connectivity index (χ0n) is 23.2. The van der Waals surface area contributed by atoms with E-state index in [1.807, 2.05) is 13.0 Å². The number of nitrogens with zero attached hydrogens (tertiary/aromatic N) is 6. The van der Waals surface area contributed by atoms with Crippen LogP contribution in [0.2, 0.25) is 0 Å². The van der Waals surface area contributed by atoms with Crippen molar-refractivity contribution < 1.29 is 19.7 Å². The number of aromatic nitrogens is 2. The molecule has 2 aromatic rings. The maximum absolute atomic E-state index is 10.7. The summed E-state index contributed by atoms with van der Waals surface area (Å²) in [6, 6.07) is 7.02. The van der Waals surface area contributed by atoms with Gasteiger partial charge in [0.15, 0.2) is 0 Å². The number of β-amino-alcohol motifs (C(OH)–C–C–N with tert-alkyl or cyclic N) is 1. The summed E-state index contributed by atoms with van der Waals surface area (Å²) in [5, 5.41) is 41.1. The Balaban J connectivity index is 0.00000108. The van der Waals surface area contributed by atoms with E-state index in [4.69, 9.17) is 30.3 Å². The second-order valence-electron chi connectivity index (χ2n) is 11.8. The molecule has 0 saturated carbocycles. The first kappa shape index (κ1) is 28.9. The molecular formula is C28H36N8O4S. The number of thiophene rings is 1. The number of carbonyl (C=O) groups is 1. The van der Waals surface area contributed by atoms with Crippen LogP contribution in [0.5, 0.6) is 6.01 Å². The number of fused-ring (bicyclic) bond motifs is 2. The van der Waals surface area contributed by atoms with Crippen molar-refractivity contribution in [2.45, 2.75) is 56.5 Å². The first-order valence-electron chi connectivity index (χ1n) is 13.9. The Hall–Kier alpha value is -3.65. The molecule has 5 heterocycles. The van der Waals surface area contributed by atoms with Gasteiger partial charge in [-0.1, -0.05) is 0 Å². The van der Waals surface area contributed by atoms with E-state index in [0.29, 0.717) is 23.7 Å². The minimum absolute atomic E-state index is 0.0892. The highest BCUT2D eigenvalue weighted by Crippen LogP contribution is 2.51. The molecule has 3 saturated heterocycles. The van der Waals surface area contributed by atoms with Gasteiger partial charge in [-0.15, -0.1) is 11.3 Å². The lowest BCUT2D eigenvalue weighted by Gasteiger charge is -2.53. The number of hydrogen-bond donors (Lipinski definition) is 4. The first-order valence-corrected chi connectivity index (χ1v) is 14.7. The summed E-state index contributed by atoms with van der Waals surface area (Å²) in [6.07, 6.45) is 5.44. The maximum atomic E-state index is 10.7. The molecule has 2 aromatic heterocycles. The number of rotatable bonds is 5. The molecule has 0 bridgehead atoms. The predicted octanol–water partition coefficient (Wildman–Crippen LogP) is 2.02. The van der Waals surface area contributed by atoms with E-state index < -0.39 is 11.0 Å². The lowest BCUT2D eigenvalue weighted by atomic mass is 9.66. The van der Waals surface area contributed by atoms with Crippen LogP contribution < -0.4 is 25.6 Å². The SMILES string of the molecule is C[C@@]1(O)CCCN(c2cc(N3CC4(CCCc5sc(N)c(C#N)c54)C3)nc(OCC3(C#N)CCNC3)n2)C1.O=CO. The smallest absolute Gasteiger partial charge is 0.320 e. The summed E-state index contributed by atoms with van der Waals surface area (Å²) in [6.45, 7) is 6.02. The molecule has 2 atom stereocenters. The molecule has 4 aliphatic rings. The second-order valence-corrected chi connectivity index (χ2v) is 13.0. The zero-order valence-corrected chi connectivity index (χ0v) is 24.0. The predicted molar refractivity (Wildman–Crippen MR) is 154 cm³/mol. The Kier molecular flexibility index (Phi) is 7.97. The van der Waals surface area contributed by atoms with Crippen LogP contribution in [-0.4, -0.2) is 78.1 Å². The van der Waals surface area contributed by atoms with Gasteiger partial charge in [-0.25, -0.2) is 0 Å². The molecule has 0 aromatic carbocycles. The van der Waals surface area contributed by atoms with Crippen molar-refractivity contribution >= 4 is 34.4 Å². The molecule has 218 valence electrons. The molecule has 12 nitrogen and oxygen atoms in total. The minimum atomic E-state index is -0.781. The van der Waals surface area contributed by atoms with Crippen molar-refractivity contribution in [1.82, 2.24) is 15.3 Å². The van der Waals surface area contributed by atoms with Crippen LogP contribution in [0, 0.1) is 28.1 Å².